The van der Waals surface area contributed by atoms with Crippen molar-refractivity contribution < 1.29 is 36.0 Å². The number of anilines is 2. The Bertz CT molecular complexity index is 1250. The number of hydrogen-bond donors (Lipinski definition) is 2. The number of nitro groups is 1. The summed E-state index contributed by atoms with van der Waals surface area (Å²) in [5.41, 5.74) is -2.37. The van der Waals surface area contributed by atoms with Gasteiger partial charge in [0.15, 0.2) is 5.11 Å². The lowest BCUT2D eigenvalue weighted by atomic mass is 10.1. The first-order valence-electron chi connectivity index (χ1n) is 11.6. The second-order valence-electron chi connectivity index (χ2n) is 8.46. The maximum atomic E-state index is 13.1. The third-order valence-corrected chi connectivity index (χ3v) is 6.40. The zero-order valence-corrected chi connectivity index (χ0v) is 21.8. The summed E-state index contributed by atoms with van der Waals surface area (Å²) in [6.45, 7) is 0.233. The summed E-state index contributed by atoms with van der Waals surface area (Å²) in [5.74, 6) is 0.0617. The number of benzene rings is 2. The topological polar surface area (TPSA) is 76.4 Å². The molecule has 1 heterocycles. The molecule has 0 amide bonds. The number of thiophene rings is 1. The van der Waals surface area contributed by atoms with Crippen LogP contribution in [0.25, 0.3) is 0 Å². The van der Waals surface area contributed by atoms with Crippen LogP contribution >= 0.6 is 23.6 Å². The monoisotopic (exact) mass is 591 g/mol. The maximum absolute atomic E-state index is 13.1. The van der Waals surface area contributed by atoms with Crippen molar-refractivity contribution in [3.05, 3.63) is 80.0 Å². The van der Waals surface area contributed by atoms with Gasteiger partial charge in [0.1, 0.15) is 5.75 Å². The number of rotatable bonds is 11. The molecule has 0 saturated carbocycles. The van der Waals surface area contributed by atoms with Gasteiger partial charge in [0, 0.05) is 11.8 Å². The van der Waals surface area contributed by atoms with Crippen LogP contribution in [0, 0.1) is 10.1 Å². The molecule has 6 nitrogen and oxygen atoms in total. The maximum Gasteiger partial charge on any atom is 0.416 e. The summed E-state index contributed by atoms with van der Waals surface area (Å²) in [6, 6.07) is 6.68. The van der Waals surface area contributed by atoms with Gasteiger partial charge in [-0.15, -0.1) is 0 Å². The molecule has 3 aromatic rings. The summed E-state index contributed by atoms with van der Waals surface area (Å²) in [5, 5.41) is 19.9. The number of nitrogens with one attached hydrogen (secondary N) is 2. The number of hydrogen-bond acceptors (Lipinski definition) is 5. The van der Waals surface area contributed by atoms with E-state index in [1.165, 1.54) is 11.6 Å². The van der Waals surface area contributed by atoms with Gasteiger partial charge >= 0.3 is 12.4 Å². The van der Waals surface area contributed by atoms with Crippen LogP contribution in [0.2, 0.25) is 0 Å². The fourth-order valence-electron chi connectivity index (χ4n) is 3.56. The highest BCUT2D eigenvalue weighted by molar-refractivity contribution is 7.80. The van der Waals surface area contributed by atoms with Crippen molar-refractivity contribution in [2.45, 2.75) is 44.5 Å². The van der Waals surface area contributed by atoms with E-state index in [9.17, 15) is 36.5 Å². The molecule has 0 saturated heterocycles. The standard InChI is InChI=1S/C25H23F6N3O3S2/c26-24(27,28)17-11-18(25(29,30)31)13-19(12-17)32-23(38)33-21-7-6-20(34(35)36)14-22(21)37-9-4-2-1-3-5-16-8-10-39-15-16/h6-8,10-15H,1-5,9H2,(H2,32,33,38). The minimum absolute atomic E-state index is 0.00602. The van der Waals surface area contributed by atoms with Crippen LogP contribution in [0.4, 0.5) is 43.4 Å². The van der Waals surface area contributed by atoms with Crippen molar-refractivity contribution in [1.29, 1.82) is 0 Å². The van der Waals surface area contributed by atoms with E-state index in [1.54, 1.807) is 11.3 Å². The van der Waals surface area contributed by atoms with Crippen LogP contribution in [0.1, 0.15) is 42.4 Å². The number of alkyl halides is 6. The van der Waals surface area contributed by atoms with Gasteiger partial charge in [-0.25, -0.2) is 0 Å². The molecule has 0 aliphatic heterocycles. The van der Waals surface area contributed by atoms with E-state index < -0.39 is 34.1 Å². The zero-order valence-electron chi connectivity index (χ0n) is 20.2. The van der Waals surface area contributed by atoms with Gasteiger partial charge in [0.05, 0.1) is 34.4 Å². The molecule has 0 unspecified atom stereocenters. The Hall–Kier alpha value is -3.39. The molecule has 0 atom stereocenters. The predicted octanol–water partition coefficient (Wildman–Crippen LogP) is 8.68. The zero-order chi connectivity index (χ0) is 28.6. The molecule has 0 bridgehead atoms. The average Bonchev–Trinajstić information content (AvgIpc) is 3.36. The molecule has 0 fully saturated rings. The van der Waals surface area contributed by atoms with Gasteiger partial charge in [-0.2, -0.15) is 37.7 Å². The lowest BCUT2D eigenvalue weighted by Crippen LogP contribution is -2.21. The minimum atomic E-state index is -5.02. The lowest BCUT2D eigenvalue weighted by Gasteiger charge is -2.17. The Labute approximate surface area is 229 Å². The Kier molecular flexibility index (Phi) is 10.1. The van der Waals surface area contributed by atoms with Crippen molar-refractivity contribution in [1.82, 2.24) is 0 Å². The summed E-state index contributed by atoms with van der Waals surface area (Å²) in [4.78, 5) is 10.6. The van der Waals surface area contributed by atoms with E-state index in [4.69, 9.17) is 17.0 Å². The van der Waals surface area contributed by atoms with Crippen LogP contribution in [-0.4, -0.2) is 16.6 Å². The second-order valence-corrected chi connectivity index (χ2v) is 9.64. The fourth-order valence-corrected chi connectivity index (χ4v) is 4.49. The van der Waals surface area contributed by atoms with Crippen LogP contribution < -0.4 is 15.4 Å². The molecule has 0 spiro atoms. The van der Waals surface area contributed by atoms with E-state index >= 15 is 0 Å². The largest absolute Gasteiger partial charge is 0.491 e. The molecule has 2 N–H and O–H groups in total. The fraction of sp³-hybridized carbons (Fsp3) is 0.320. The number of thiocarbonyl (C=S) groups is 1. The van der Waals surface area contributed by atoms with Crippen LogP contribution in [0.5, 0.6) is 5.75 Å². The molecule has 39 heavy (non-hydrogen) atoms. The highest BCUT2D eigenvalue weighted by Gasteiger charge is 2.37. The third-order valence-electron chi connectivity index (χ3n) is 5.47. The number of nitrogens with zero attached hydrogens (tertiary/aromatic N) is 1. The van der Waals surface area contributed by atoms with E-state index in [0.29, 0.717) is 18.6 Å². The highest BCUT2D eigenvalue weighted by atomic mass is 32.1. The van der Waals surface area contributed by atoms with E-state index in [2.05, 4.69) is 22.1 Å². The normalized spacial score (nSPS) is 11.7. The first-order valence-corrected chi connectivity index (χ1v) is 13.0. The third kappa shape index (κ3) is 9.39. The van der Waals surface area contributed by atoms with Crippen molar-refractivity contribution in [3.63, 3.8) is 0 Å². The molecule has 0 radical (unpaired) electrons. The van der Waals surface area contributed by atoms with Crippen LogP contribution in [-0.2, 0) is 18.8 Å². The lowest BCUT2D eigenvalue weighted by molar-refractivity contribution is -0.384. The van der Waals surface area contributed by atoms with Crippen LogP contribution in [0.3, 0.4) is 0 Å². The number of aryl methyl sites for hydroxylation is 1. The van der Waals surface area contributed by atoms with Gasteiger partial charge < -0.3 is 15.4 Å². The summed E-state index contributed by atoms with van der Waals surface area (Å²) < 4.78 is 84.6. The first-order chi connectivity index (χ1) is 18.3. The quantitative estimate of drug-likeness (QED) is 0.0764. The molecule has 14 heteroatoms. The number of non-ortho nitro benzene ring substituents is 1. The van der Waals surface area contributed by atoms with Gasteiger partial charge in [0.2, 0.25) is 0 Å². The Balaban J connectivity index is 1.64. The van der Waals surface area contributed by atoms with Crippen molar-refractivity contribution in [3.8, 4) is 5.75 Å². The molecule has 210 valence electrons. The summed E-state index contributed by atoms with van der Waals surface area (Å²) in [7, 11) is 0. The Morgan fingerprint density at radius 2 is 1.59 bits per heavy atom. The van der Waals surface area contributed by atoms with Crippen molar-refractivity contribution in [2.24, 2.45) is 0 Å². The smallest absolute Gasteiger partial charge is 0.416 e. The molecular weight excluding hydrogens is 568 g/mol. The molecule has 0 aliphatic rings. The summed E-state index contributed by atoms with van der Waals surface area (Å²) in [6.07, 6.45) is -5.57. The Morgan fingerprint density at radius 3 is 2.18 bits per heavy atom. The number of halogens is 6. The van der Waals surface area contributed by atoms with E-state index in [-0.39, 0.29) is 34.9 Å². The average molecular weight is 592 g/mol. The SMILES string of the molecule is O=[N+]([O-])c1ccc(NC(=S)Nc2cc(C(F)(F)F)cc(C(F)(F)F)c2)c(OCCCCCCc2ccsc2)c1. The molecule has 0 aliphatic carbocycles. The summed E-state index contributed by atoms with van der Waals surface area (Å²) >= 11 is 6.72. The first kappa shape index (κ1) is 30.2. The Morgan fingerprint density at radius 1 is 0.923 bits per heavy atom. The van der Waals surface area contributed by atoms with Crippen LogP contribution in [0.15, 0.2) is 53.2 Å². The van der Waals surface area contributed by atoms with Gasteiger partial charge in [0.25, 0.3) is 5.69 Å². The molecule has 2 aromatic carbocycles. The number of ether oxygens (including phenoxy) is 1. The minimum Gasteiger partial charge on any atom is -0.491 e. The molecule has 3 rings (SSSR count). The highest BCUT2D eigenvalue weighted by Crippen LogP contribution is 2.38. The second kappa shape index (κ2) is 13.1. The van der Waals surface area contributed by atoms with E-state index in [0.717, 1.165) is 37.8 Å². The van der Waals surface area contributed by atoms with Crippen molar-refractivity contribution >= 4 is 45.7 Å². The molecular formula is C25H23F6N3O3S2. The number of unbranched alkanes of at least 4 members (excludes halogenated alkanes) is 3. The van der Waals surface area contributed by atoms with E-state index in [1.807, 2.05) is 5.38 Å². The predicted molar refractivity (Wildman–Crippen MR) is 141 cm³/mol. The van der Waals surface area contributed by atoms with Gasteiger partial charge in [-0.3, -0.25) is 10.1 Å². The van der Waals surface area contributed by atoms with Gasteiger partial charge in [-0.1, -0.05) is 12.8 Å². The molecule has 1 aromatic heterocycles. The van der Waals surface area contributed by atoms with Gasteiger partial charge in [-0.05, 0) is 78.1 Å². The number of nitro benzene ring substituents is 1. The van der Waals surface area contributed by atoms with Crippen molar-refractivity contribution in [2.75, 3.05) is 17.2 Å².